The maximum atomic E-state index is 13.4. The highest BCUT2D eigenvalue weighted by molar-refractivity contribution is 5.87. The zero-order valence-electron chi connectivity index (χ0n) is 21.0. The Hall–Kier alpha value is -2.56. The van der Waals surface area contributed by atoms with Gasteiger partial charge in [0.05, 0.1) is 6.54 Å². The number of aromatic nitrogens is 1. The van der Waals surface area contributed by atoms with Gasteiger partial charge >= 0.3 is 0 Å². The maximum absolute atomic E-state index is 13.4. The summed E-state index contributed by atoms with van der Waals surface area (Å²) in [5, 5.41) is 0. The van der Waals surface area contributed by atoms with Crippen molar-refractivity contribution in [1.29, 1.82) is 0 Å². The smallest absolute Gasteiger partial charge is 0.242 e. The molecule has 0 aliphatic carbocycles. The number of nitrogens with zero attached hydrogens (tertiary/aromatic N) is 3. The maximum Gasteiger partial charge on any atom is 0.242 e. The number of carbonyl (C=O) groups excluding carboxylic acids is 2. The molecule has 2 aromatic rings. The number of aryl methyl sites for hydroxylation is 1. The summed E-state index contributed by atoms with van der Waals surface area (Å²) >= 11 is 0. The molecular formula is C27H41N3O2. The first-order valence-electron chi connectivity index (χ1n) is 11.8. The summed E-state index contributed by atoms with van der Waals surface area (Å²) in [5.74, 6) is 0.0205. The van der Waals surface area contributed by atoms with E-state index in [1.807, 2.05) is 45.6 Å². The van der Waals surface area contributed by atoms with Crippen LogP contribution in [0.1, 0.15) is 71.2 Å². The van der Waals surface area contributed by atoms with Gasteiger partial charge in [-0.3, -0.25) is 9.59 Å². The first kappa shape index (κ1) is 25.7. The van der Waals surface area contributed by atoms with E-state index in [1.54, 1.807) is 4.90 Å². The summed E-state index contributed by atoms with van der Waals surface area (Å²) in [6.07, 6.45) is 4.03. The standard InChI is InChI=1S/C27H41N3O2/c1-8-9-15-29(25(31)20-30(21(2)3)26(32)27(5,6)7)19-24-14-11-16-28(24)18-23-13-10-12-22(4)17-23/h10-14,16-17,21H,8-9,15,18-20H2,1-7H3. The van der Waals surface area contributed by atoms with Gasteiger partial charge in [0.25, 0.3) is 0 Å². The zero-order chi connectivity index (χ0) is 23.9. The monoisotopic (exact) mass is 439 g/mol. The van der Waals surface area contributed by atoms with Gasteiger partial charge in [-0.1, -0.05) is 63.9 Å². The molecule has 0 saturated heterocycles. The fourth-order valence-electron chi connectivity index (χ4n) is 3.76. The van der Waals surface area contributed by atoms with Gasteiger partial charge in [0.1, 0.15) is 6.54 Å². The molecular weight excluding hydrogens is 398 g/mol. The largest absolute Gasteiger partial charge is 0.345 e. The van der Waals surface area contributed by atoms with Crippen LogP contribution in [0.2, 0.25) is 0 Å². The fraction of sp³-hybridized carbons (Fsp3) is 0.556. The second kappa shape index (κ2) is 11.3. The molecule has 5 heteroatoms. The fourth-order valence-corrected chi connectivity index (χ4v) is 3.76. The summed E-state index contributed by atoms with van der Waals surface area (Å²) in [6, 6.07) is 12.6. The average molecular weight is 440 g/mol. The Morgan fingerprint density at radius 3 is 2.41 bits per heavy atom. The van der Waals surface area contributed by atoms with Gasteiger partial charge in [0.2, 0.25) is 11.8 Å². The molecule has 1 aromatic heterocycles. The molecule has 0 radical (unpaired) electrons. The lowest BCUT2D eigenvalue weighted by Crippen LogP contribution is -2.49. The van der Waals surface area contributed by atoms with E-state index in [-0.39, 0.29) is 24.4 Å². The van der Waals surface area contributed by atoms with Gasteiger partial charge in [-0.15, -0.1) is 0 Å². The molecule has 2 rings (SSSR count). The van der Waals surface area contributed by atoms with Crippen LogP contribution < -0.4 is 0 Å². The molecule has 0 atom stereocenters. The molecule has 0 saturated carbocycles. The Balaban J connectivity index is 2.19. The molecule has 1 aromatic carbocycles. The van der Waals surface area contributed by atoms with Crippen LogP contribution in [-0.2, 0) is 22.7 Å². The van der Waals surface area contributed by atoms with Gasteiger partial charge in [0, 0.05) is 36.4 Å². The lowest BCUT2D eigenvalue weighted by molar-refractivity contribution is -0.147. The van der Waals surface area contributed by atoms with Crippen molar-refractivity contribution in [2.24, 2.45) is 5.41 Å². The number of unbranched alkanes of at least 4 members (excludes halogenated alkanes) is 1. The lowest BCUT2D eigenvalue weighted by atomic mass is 9.94. The van der Waals surface area contributed by atoms with Gasteiger partial charge in [-0.2, -0.15) is 0 Å². The summed E-state index contributed by atoms with van der Waals surface area (Å²) < 4.78 is 2.21. The molecule has 32 heavy (non-hydrogen) atoms. The quantitative estimate of drug-likeness (QED) is 0.507. The van der Waals surface area contributed by atoms with E-state index in [0.717, 1.165) is 25.1 Å². The van der Waals surface area contributed by atoms with Gasteiger partial charge in [-0.25, -0.2) is 0 Å². The molecule has 0 bridgehead atoms. The number of rotatable bonds is 10. The summed E-state index contributed by atoms with van der Waals surface area (Å²) in [6.45, 7) is 16.0. The van der Waals surface area contributed by atoms with Crippen molar-refractivity contribution >= 4 is 11.8 Å². The molecule has 5 nitrogen and oxygen atoms in total. The third kappa shape index (κ3) is 7.25. The van der Waals surface area contributed by atoms with Crippen molar-refractivity contribution < 1.29 is 9.59 Å². The average Bonchev–Trinajstić information content (AvgIpc) is 3.14. The number of hydrogen-bond donors (Lipinski definition) is 0. The Morgan fingerprint density at radius 2 is 1.81 bits per heavy atom. The second-order valence-corrected chi connectivity index (χ2v) is 10.1. The van der Waals surface area contributed by atoms with E-state index in [1.165, 1.54) is 11.1 Å². The minimum Gasteiger partial charge on any atom is -0.345 e. The van der Waals surface area contributed by atoms with Gasteiger partial charge in [0.15, 0.2) is 0 Å². The summed E-state index contributed by atoms with van der Waals surface area (Å²) in [7, 11) is 0. The predicted molar refractivity (Wildman–Crippen MR) is 131 cm³/mol. The zero-order valence-corrected chi connectivity index (χ0v) is 21.0. The van der Waals surface area contributed by atoms with Crippen molar-refractivity contribution in [1.82, 2.24) is 14.4 Å². The Labute approximate surface area is 194 Å². The summed E-state index contributed by atoms with van der Waals surface area (Å²) in [5.41, 5.74) is 3.08. The Kier molecular flexibility index (Phi) is 9.11. The highest BCUT2D eigenvalue weighted by atomic mass is 16.2. The number of benzene rings is 1. The molecule has 0 N–H and O–H groups in total. The van der Waals surface area contributed by atoms with E-state index < -0.39 is 5.41 Å². The van der Waals surface area contributed by atoms with E-state index in [9.17, 15) is 9.59 Å². The molecule has 2 amide bonds. The Morgan fingerprint density at radius 1 is 1.09 bits per heavy atom. The van der Waals surface area contributed by atoms with E-state index >= 15 is 0 Å². The molecule has 0 spiro atoms. The van der Waals surface area contributed by atoms with E-state index in [4.69, 9.17) is 0 Å². The molecule has 1 heterocycles. The van der Waals surface area contributed by atoms with E-state index in [0.29, 0.717) is 13.1 Å². The van der Waals surface area contributed by atoms with E-state index in [2.05, 4.69) is 54.9 Å². The van der Waals surface area contributed by atoms with Crippen molar-refractivity contribution in [3.63, 3.8) is 0 Å². The minimum absolute atomic E-state index is 0.00746. The predicted octanol–water partition coefficient (Wildman–Crippen LogP) is 5.26. The molecule has 176 valence electrons. The van der Waals surface area contributed by atoms with Crippen LogP contribution in [-0.4, -0.2) is 45.3 Å². The number of amides is 2. The third-order valence-electron chi connectivity index (χ3n) is 5.68. The third-order valence-corrected chi connectivity index (χ3v) is 5.68. The van der Waals surface area contributed by atoms with Crippen LogP contribution in [0.4, 0.5) is 0 Å². The van der Waals surface area contributed by atoms with Crippen molar-refractivity contribution in [3.8, 4) is 0 Å². The van der Waals surface area contributed by atoms with Crippen LogP contribution in [0, 0.1) is 12.3 Å². The normalized spacial score (nSPS) is 11.6. The van der Waals surface area contributed by atoms with Crippen molar-refractivity contribution in [3.05, 3.63) is 59.4 Å². The van der Waals surface area contributed by atoms with Crippen LogP contribution in [0.5, 0.6) is 0 Å². The van der Waals surface area contributed by atoms with Gasteiger partial charge in [-0.05, 0) is 44.9 Å². The number of hydrogen-bond acceptors (Lipinski definition) is 2. The molecule has 0 aliphatic heterocycles. The molecule has 0 fully saturated rings. The molecule has 0 unspecified atom stereocenters. The highest BCUT2D eigenvalue weighted by Gasteiger charge is 2.31. The SMILES string of the molecule is CCCCN(Cc1cccn1Cc1cccc(C)c1)C(=O)CN(C(=O)C(C)(C)C)C(C)C. The van der Waals surface area contributed by atoms with Crippen LogP contribution in [0.15, 0.2) is 42.6 Å². The van der Waals surface area contributed by atoms with Gasteiger partial charge < -0.3 is 14.4 Å². The first-order valence-corrected chi connectivity index (χ1v) is 11.8. The van der Waals surface area contributed by atoms with Crippen LogP contribution in [0.25, 0.3) is 0 Å². The first-order chi connectivity index (χ1) is 15.0. The minimum atomic E-state index is -0.513. The van der Waals surface area contributed by atoms with Crippen molar-refractivity contribution in [2.75, 3.05) is 13.1 Å². The highest BCUT2D eigenvalue weighted by Crippen LogP contribution is 2.20. The summed E-state index contributed by atoms with van der Waals surface area (Å²) in [4.78, 5) is 29.9. The van der Waals surface area contributed by atoms with Crippen molar-refractivity contribution in [2.45, 2.75) is 80.4 Å². The molecule has 0 aliphatic rings. The van der Waals surface area contributed by atoms with Crippen LogP contribution >= 0.6 is 0 Å². The second-order valence-electron chi connectivity index (χ2n) is 10.1. The number of carbonyl (C=O) groups is 2. The topological polar surface area (TPSA) is 45.6 Å². The Bertz CT molecular complexity index is 892. The lowest BCUT2D eigenvalue weighted by Gasteiger charge is -2.34. The van der Waals surface area contributed by atoms with Crippen LogP contribution in [0.3, 0.4) is 0 Å².